The molecule has 0 atom stereocenters. The minimum atomic E-state index is -1.18. The average molecular weight is 236 g/mol. The van der Waals surface area contributed by atoms with Crippen molar-refractivity contribution in [2.45, 2.75) is 0 Å². The number of carboxylic acid groups (broad SMARTS) is 1. The van der Waals surface area contributed by atoms with Crippen LogP contribution in [0.4, 0.5) is 0 Å². The summed E-state index contributed by atoms with van der Waals surface area (Å²) >= 11 is 0. The summed E-state index contributed by atoms with van der Waals surface area (Å²) in [4.78, 5) is 22.2. The van der Waals surface area contributed by atoms with Gasteiger partial charge in [0.1, 0.15) is 5.75 Å². The highest BCUT2D eigenvalue weighted by molar-refractivity contribution is 6.15. The van der Waals surface area contributed by atoms with Crippen LogP contribution < -0.4 is 4.74 Å². The number of benzene rings is 1. The zero-order valence-corrected chi connectivity index (χ0v) is 9.52. The van der Waals surface area contributed by atoms with E-state index in [1.807, 2.05) is 0 Å². The molecule has 0 spiro atoms. The van der Waals surface area contributed by atoms with Crippen molar-refractivity contribution in [3.63, 3.8) is 0 Å². The van der Waals surface area contributed by atoms with Crippen LogP contribution >= 0.6 is 0 Å². The van der Waals surface area contributed by atoms with Crippen molar-refractivity contribution in [1.82, 2.24) is 0 Å². The fourth-order valence-corrected chi connectivity index (χ4v) is 1.30. The number of carbonyl (C=O) groups excluding carboxylic acids is 1. The number of rotatable bonds is 4. The summed E-state index contributed by atoms with van der Waals surface area (Å²) < 4.78 is 9.56. The Morgan fingerprint density at radius 2 is 1.94 bits per heavy atom. The lowest BCUT2D eigenvalue weighted by atomic mass is 10.0. The van der Waals surface area contributed by atoms with Gasteiger partial charge < -0.3 is 14.6 Å². The molecule has 0 aliphatic heterocycles. The van der Waals surface area contributed by atoms with Crippen molar-refractivity contribution in [3.05, 3.63) is 35.9 Å². The fourth-order valence-electron chi connectivity index (χ4n) is 1.30. The molecule has 17 heavy (non-hydrogen) atoms. The summed E-state index contributed by atoms with van der Waals surface area (Å²) in [6.45, 7) is 3.43. The molecule has 5 nitrogen and oxygen atoms in total. The molecule has 0 bridgehead atoms. The van der Waals surface area contributed by atoms with Crippen molar-refractivity contribution in [1.29, 1.82) is 0 Å². The Labute approximate surface area is 98.3 Å². The van der Waals surface area contributed by atoms with Crippen LogP contribution in [0.2, 0.25) is 0 Å². The SMILES string of the molecule is C=C(C(=O)O)c1cc(C(=O)OC)ccc1OC. The lowest BCUT2D eigenvalue weighted by Crippen LogP contribution is -2.05. The van der Waals surface area contributed by atoms with Gasteiger partial charge in [-0.3, -0.25) is 0 Å². The van der Waals surface area contributed by atoms with Crippen LogP contribution in [-0.2, 0) is 9.53 Å². The number of esters is 1. The Hall–Kier alpha value is -2.30. The Balaban J connectivity index is 3.29. The van der Waals surface area contributed by atoms with E-state index in [1.165, 1.54) is 32.4 Å². The van der Waals surface area contributed by atoms with Gasteiger partial charge >= 0.3 is 11.9 Å². The van der Waals surface area contributed by atoms with Crippen molar-refractivity contribution in [2.75, 3.05) is 14.2 Å². The van der Waals surface area contributed by atoms with Crippen molar-refractivity contribution in [3.8, 4) is 5.75 Å². The van der Waals surface area contributed by atoms with Crippen LogP contribution in [-0.4, -0.2) is 31.3 Å². The van der Waals surface area contributed by atoms with Crippen molar-refractivity contribution >= 4 is 17.5 Å². The normalized spacial score (nSPS) is 9.53. The lowest BCUT2D eigenvalue weighted by Gasteiger charge is -2.09. The third kappa shape index (κ3) is 2.63. The number of methoxy groups -OCH3 is 2. The van der Waals surface area contributed by atoms with E-state index in [4.69, 9.17) is 9.84 Å². The summed E-state index contributed by atoms with van der Waals surface area (Å²) in [7, 11) is 2.66. The largest absolute Gasteiger partial charge is 0.496 e. The number of carboxylic acids is 1. The minimum Gasteiger partial charge on any atom is -0.496 e. The highest BCUT2D eigenvalue weighted by Crippen LogP contribution is 2.26. The Morgan fingerprint density at radius 3 is 2.41 bits per heavy atom. The topological polar surface area (TPSA) is 72.8 Å². The fraction of sp³-hybridized carbons (Fsp3) is 0.167. The predicted octanol–water partition coefficient (Wildman–Crippen LogP) is 1.58. The van der Waals surface area contributed by atoms with Crippen LogP contribution in [0, 0.1) is 0 Å². The molecule has 0 heterocycles. The standard InChI is InChI=1S/C12H12O5/c1-7(11(13)14)9-6-8(12(15)17-3)4-5-10(9)16-2/h4-6H,1H2,2-3H3,(H,13,14). The van der Waals surface area contributed by atoms with Crippen LogP contribution in [0.1, 0.15) is 15.9 Å². The zero-order valence-electron chi connectivity index (χ0n) is 9.52. The molecule has 0 saturated carbocycles. The van der Waals surface area contributed by atoms with Crippen molar-refractivity contribution in [2.24, 2.45) is 0 Å². The highest BCUT2D eigenvalue weighted by atomic mass is 16.5. The summed E-state index contributed by atoms with van der Waals surface area (Å²) in [5, 5.41) is 8.87. The van der Waals surface area contributed by atoms with Crippen molar-refractivity contribution < 1.29 is 24.2 Å². The molecule has 1 aromatic rings. The third-order valence-electron chi connectivity index (χ3n) is 2.20. The molecule has 5 heteroatoms. The monoisotopic (exact) mass is 236 g/mol. The van der Waals surface area contributed by atoms with Gasteiger partial charge in [-0.05, 0) is 18.2 Å². The van der Waals surface area contributed by atoms with E-state index in [2.05, 4.69) is 11.3 Å². The first-order valence-corrected chi connectivity index (χ1v) is 4.70. The maximum atomic E-state index is 11.3. The van der Waals surface area contributed by atoms with Gasteiger partial charge in [-0.1, -0.05) is 6.58 Å². The molecule has 0 amide bonds. The number of hydrogen-bond acceptors (Lipinski definition) is 4. The van der Waals surface area contributed by atoms with E-state index >= 15 is 0 Å². The first-order valence-electron chi connectivity index (χ1n) is 4.70. The molecule has 1 rings (SSSR count). The quantitative estimate of drug-likeness (QED) is 0.634. The maximum absolute atomic E-state index is 11.3. The van der Waals surface area contributed by atoms with Crippen LogP contribution in [0.5, 0.6) is 5.75 Å². The number of carbonyl (C=O) groups is 2. The molecule has 0 radical (unpaired) electrons. The zero-order chi connectivity index (χ0) is 13.0. The molecule has 1 N–H and O–H groups in total. The minimum absolute atomic E-state index is 0.146. The number of hydrogen-bond donors (Lipinski definition) is 1. The summed E-state index contributed by atoms with van der Waals surface area (Å²) in [5.74, 6) is -1.39. The lowest BCUT2D eigenvalue weighted by molar-refractivity contribution is -0.130. The van der Waals surface area contributed by atoms with Crippen LogP contribution in [0.3, 0.4) is 0 Å². The first-order chi connectivity index (χ1) is 8.01. The molecular formula is C12H12O5. The van der Waals surface area contributed by atoms with Crippen LogP contribution in [0.15, 0.2) is 24.8 Å². The van der Waals surface area contributed by atoms with Gasteiger partial charge in [0, 0.05) is 5.56 Å². The van der Waals surface area contributed by atoms with Gasteiger partial charge in [-0.2, -0.15) is 0 Å². The van der Waals surface area contributed by atoms with E-state index in [1.54, 1.807) is 0 Å². The van der Waals surface area contributed by atoms with E-state index in [0.717, 1.165) is 0 Å². The van der Waals surface area contributed by atoms with E-state index < -0.39 is 11.9 Å². The maximum Gasteiger partial charge on any atom is 0.337 e. The number of ether oxygens (including phenoxy) is 2. The Kier molecular flexibility index (Phi) is 3.87. The van der Waals surface area contributed by atoms with Gasteiger partial charge in [-0.25, -0.2) is 9.59 Å². The van der Waals surface area contributed by atoms with E-state index in [-0.39, 0.29) is 16.7 Å². The van der Waals surface area contributed by atoms with Gasteiger partial charge in [0.2, 0.25) is 0 Å². The van der Waals surface area contributed by atoms with Gasteiger partial charge in [0.25, 0.3) is 0 Å². The number of aliphatic carboxylic acids is 1. The van der Waals surface area contributed by atoms with Gasteiger partial charge in [0.05, 0.1) is 25.4 Å². The van der Waals surface area contributed by atoms with Gasteiger partial charge in [-0.15, -0.1) is 0 Å². The molecule has 0 unspecified atom stereocenters. The molecule has 0 fully saturated rings. The van der Waals surface area contributed by atoms with E-state index in [0.29, 0.717) is 5.75 Å². The molecular weight excluding hydrogens is 224 g/mol. The first kappa shape index (κ1) is 12.8. The third-order valence-corrected chi connectivity index (χ3v) is 2.20. The second-order valence-corrected chi connectivity index (χ2v) is 3.19. The summed E-state index contributed by atoms with van der Waals surface area (Å²) in [6, 6.07) is 4.36. The molecule has 0 aromatic heterocycles. The Bertz CT molecular complexity index is 476. The molecule has 1 aromatic carbocycles. The second kappa shape index (κ2) is 5.16. The molecule has 90 valence electrons. The second-order valence-electron chi connectivity index (χ2n) is 3.19. The average Bonchev–Trinajstić information content (AvgIpc) is 2.35. The predicted molar refractivity (Wildman–Crippen MR) is 61.0 cm³/mol. The molecule has 0 aliphatic carbocycles. The summed E-state index contributed by atoms with van der Waals surface area (Å²) in [6.07, 6.45) is 0. The highest BCUT2D eigenvalue weighted by Gasteiger charge is 2.16. The smallest absolute Gasteiger partial charge is 0.337 e. The summed E-state index contributed by atoms with van der Waals surface area (Å²) in [5.41, 5.74) is 0.348. The van der Waals surface area contributed by atoms with Gasteiger partial charge in [0.15, 0.2) is 0 Å². The van der Waals surface area contributed by atoms with E-state index in [9.17, 15) is 9.59 Å². The molecule has 0 saturated heterocycles. The van der Waals surface area contributed by atoms with Crippen LogP contribution in [0.25, 0.3) is 5.57 Å². The Morgan fingerprint density at radius 1 is 1.29 bits per heavy atom. The molecule has 0 aliphatic rings.